The van der Waals surface area contributed by atoms with Crippen molar-refractivity contribution in [3.05, 3.63) is 58.7 Å². The highest BCUT2D eigenvalue weighted by Gasteiger charge is 2.25. The Labute approximate surface area is 138 Å². The molecule has 0 amide bonds. The average Bonchev–Trinajstić information content (AvgIpc) is 2.48. The monoisotopic (exact) mass is 333 g/mol. The highest BCUT2D eigenvalue weighted by atomic mass is 32.2. The summed E-state index contributed by atoms with van der Waals surface area (Å²) in [6.45, 7) is 5.94. The number of hydrogen-bond donors (Lipinski definition) is 0. The zero-order valence-electron chi connectivity index (χ0n) is 14.3. The van der Waals surface area contributed by atoms with Crippen LogP contribution in [-0.4, -0.2) is 26.9 Å². The fourth-order valence-corrected chi connectivity index (χ4v) is 4.19. The van der Waals surface area contributed by atoms with E-state index in [9.17, 15) is 8.42 Å². The largest absolute Gasteiger partial charge is 0.497 e. The summed E-state index contributed by atoms with van der Waals surface area (Å²) in [5.74, 6) is 0.667. The van der Waals surface area contributed by atoms with Crippen molar-refractivity contribution in [1.29, 1.82) is 0 Å². The van der Waals surface area contributed by atoms with Gasteiger partial charge in [-0.15, -0.1) is 0 Å². The zero-order chi connectivity index (χ0) is 17.2. The van der Waals surface area contributed by atoms with E-state index in [2.05, 4.69) is 0 Å². The molecule has 0 atom stereocenters. The SMILES string of the molecule is COc1cc(C)c(S(=O)(=O)N(C)Cc2ccc(C)cc2)c(C)c1. The van der Waals surface area contributed by atoms with Gasteiger partial charge in [-0.1, -0.05) is 29.8 Å². The van der Waals surface area contributed by atoms with Gasteiger partial charge in [0.25, 0.3) is 0 Å². The number of ether oxygens (including phenoxy) is 1. The van der Waals surface area contributed by atoms with Gasteiger partial charge in [-0.2, -0.15) is 4.31 Å². The Kier molecular flexibility index (Phi) is 5.12. The highest BCUT2D eigenvalue weighted by molar-refractivity contribution is 7.89. The Hall–Kier alpha value is -1.85. The smallest absolute Gasteiger partial charge is 0.243 e. The molecule has 124 valence electrons. The van der Waals surface area contributed by atoms with Crippen LogP contribution in [0.1, 0.15) is 22.3 Å². The van der Waals surface area contributed by atoms with E-state index in [1.165, 1.54) is 4.31 Å². The molecule has 0 aliphatic heterocycles. The molecule has 0 bridgehead atoms. The van der Waals surface area contributed by atoms with Crippen LogP contribution in [0.3, 0.4) is 0 Å². The Morgan fingerprint density at radius 3 is 2.00 bits per heavy atom. The second-order valence-corrected chi connectivity index (χ2v) is 7.82. The first-order valence-electron chi connectivity index (χ1n) is 7.43. The Balaban J connectivity index is 2.36. The summed E-state index contributed by atoms with van der Waals surface area (Å²) in [6.07, 6.45) is 0. The van der Waals surface area contributed by atoms with Gasteiger partial charge in [-0.25, -0.2) is 8.42 Å². The van der Waals surface area contributed by atoms with Crippen molar-refractivity contribution >= 4 is 10.0 Å². The lowest BCUT2D eigenvalue weighted by Gasteiger charge is -2.21. The molecule has 2 rings (SSSR count). The summed E-state index contributed by atoms with van der Waals surface area (Å²) in [4.78, 5) is 0.355. The van der Waals surface area contributed by atoms with Gasteiger partial charge in [-0.3, -0.25) is 0 Å². The van der Waals surface area contributed by atoms with Gasteiger partial charge in [0.2, 0.25) is 10.0 Å². The molecule has 0 spiro atoms. The van der Waals surface area contributed by atoms with Crippen LogP contribution in [0.25, 0.3) is 0 Å². The molecule has 0 N–H and O–H groups in total. The molecule has 5 heteroatoms. The van der Waals surface area contributed by atoms with Crippen LogP contribution in [0.4, 0.5) is 0 Å². The van der Waals surface area contributed by atoms with Crippen molar-refractivity contribution < 1.29 is 13.2 Å². The third-order valence-electron chi connectivity index (χ3n) is 3.86. The van der Waals surface area contributed by atoms with E-state index in [0.717, 1.165) is 11.1 Å². The van der Waals surface area contributed by atoms with Crippen molar-refractivity contribution in [2.75, 3.05) is 14.2 Å². The quantitative estimate of drug-likeness (QED) is 0.842. The normalized spacial score (nSPS) is 11.7. The van der Waals surface area contributed by atoms with Gasteiger partial charge in [0, 0.05) is 13.6 Å². The number of aryl methyl sites for hydroxylation is 3. The molecule has 0 aliphatic carbocycles. The summed E-state index contributed by atoms with van der Waals surface area (Å²) in [6, 6.07) is 11.4. The van der Waals surface area contributed by atoms with Crippen LogP contribution in [0.5, 0.6) is 5.75 Å². The Morgan fingerprint density at radius 1 is 1.00 bits per heavy atom. The number of hydrogen-bond acceptors (Lipinski definition) is 3. The van der Waals surface area contributed by atoms with Crippen molar-refractivity contribution in [1.82, 2.24) is 4.31 Å². The molecule has 0 saturated carbocycles. The summed E-state index contributed by atoms with van der Waals surface area (Å²) in [7, 11) is -0.371. The van der Waals surface area contributed by atoms with Gasteiger partial charge in [0.1, 0.15) is 5.75 Å². The van der Waals surface area contributed by atoms with E-state index < -0.39 is 10.0 Å². The standard InChI is InChI=1S/C18H23NO3S/c1-13-6-8-16(9-7-13)12-19(4)23(20,21)18-14(2)10-17(22-5)11-15(18)3/h6-11H,12H2,1-5H3. The molecule has 0 saturated heterocycles. The van der Waals surface area contributed by atoms with Crippen LogP contribution < -0.4 is 4.74 Å². The number of rotatable bonds is 5. The third kappa shape index (κ3) is 3.74. The number of benzene rings is 2. The fourth-order valence-electron chi connectivity index (χ4n) is 2.63. The molecule has 0 aromatic heterocycles. The molecular formula is C18H23NO3S. The summed E-state index contributed by atoms with van der Waals surface area (Å²) in [5, 5.41) is 0. The van der Waals surface area contributed by atoms with E-state index in [1.807, 2.05) is 31.2 Å². The minimum absolute atomic E-state index is 0.341. The first-order chi connectivity index (χ1) is 10.8. The van der Waals surface area contributed by atoms with E-state index in [0.29, 0.717) is 28.3 Å². The molecular weight excluding hydrogens is 310 g/mol. The van der Waals surface area contributed by atoms with Gasteiger partial charge < -0.3 is 4.74 Å². The first-order valence-corrected chi connectivity index (χ1v) is 8.87. The maximum absolute atomic E-state index is 12.9. The van der Waals surface area contributed by atoms with E-state index in [1.54, 1.807) is 40.1 Å². The zero-order valence-corrected chi connectivity index (χ0v) is 15.1. The fraction of sp³-hybridized carbons (Fsp3) is 0.333. The minimum Gasteiger partial charge on any atom is -0.497 e. The minimum atomic E-state index is -3.56. The molecule has 0 fully saturated rings. The van der Waals surface area contributed by atoms with Crippen LogP contribution >= 0.6 is 0 Å². The Bertz CT molecular complexity index is 773. The highest BCUT2D eigenvalue weighted by Crippen LogP contribution is 2.28. The molecule has 0 heterocycles. The van der Waals surface area contributed by atoms with Crippen molar-refractivity contribution in [3.8, 4) is 5.75 Å². The van der Waals surface area contributed by atoms with E-state index in [4.69, 9.17) is 4.74 Å². The number of nitrogens with zero attached hydrogens (tertiary/aromatic N) is 1. The number of methoxy groups -OCH3 is 1. The lowest BCUT2D eigenvalue weighted by Crippen LogP contribution is -2.27. The molecule has 2 aromatic carbocycles. The van der Waals surface area contributed by atoms with E-state index >= 15 is 0 Å². The second kappa shape index (κ2) is 6.72. The molecule has 0 radical (unpaired) electrons. The average molecular weight is 333 g/mol. The predicted molar refractivity (Wildman–Crippen MR) is 92.3 cm³/mol. The summed E-state index contributed by atoms with van der Waals surface area (Å²) >= 11 is 0. The Morgan fingerprint density at radius 2 is 1.52 bits per heavy atom. The second-order valence-electron chi connectivity index (χ2n) is 5.84. The maximum atomic E-state index is 12.9. The summed E-state index contributed by atoms with van der Waals surface area (Å²) in [5.41, 5.74) is 3.50. The van der Waals surface area contributed by atoms with Crippen molar-refractivity contribution in [2.24, 2.45) is 0 Å². The van der Waals surface area contributed by atoms with Crippen LogP contribution in [-0.2, 0) is 16.6 Å². The van der Waals surface area contributed by atoms with Crippen LogP contribution in [0.2, 0.25) is 0 Å². The lowest BCUT2D eigenvalue weighted by atomic mass is 10.1. The topological polar surface area (TPSA) is 46.6 Å². The predicted octanol–water partition coefficient (Wildman–Crippen LogP) is 3.44. The van der Waals surface area contributed by atoms with E-state index in [-0.39, 0.29) is 0 Å². The molecule has 4 nitrogen and oxygen atoms in total. The van der Waals surface area contributed by atoms with Gasteiger partial charge in [-0.05, 0) is 49.6 Å². The number of sulfonamides is 1. The first kappa shape index (κ1) is 17.5. The molecule has 23 heavy (non-hydrogen) atoms. The maximum Gasteiger partial charge on any atom is 0.243 e. The lowest BCUT2D eigenvalue weighted by molar-refractivity contribution is 0.413. The van der Waals surface area contributed by atoms with Crippen molar-refractivity contribution in [3.63, 3.8) is 0 Å². The van der Waals surface area contributed by atoms with Crippen molar-refractivity contribution in [2.45, 2.75) is 32.2 Å². The molecule has 0 unspecified atom stereocenters. The molecule has 0 aliphatic rings. The third-order valence-corrected chi connectivity index (χ3v) is 5.97. The van der Waals surface area contributed by atoms with Gasteiger partial charge in [0.05, 0.1) is 12.0 Å². The van der Waals surface area contributed by atoms with Gasteiger partial charge >= 0.3 is 0 Å². The van der Waals surface area contributed by atoms with Gasteiger partial charge in [0.15, 0.2) is 0 Å². The molecule has 2 aromatic rings. The summed E-state index contributed by atoms with van der Waals surface area (Å²) < 4.78 is 32.5. The van der Waals surface area contributed by atoms with Crippen LogP contribution in [0.15, 0.2) is 41.3 Å². The van der Waals surface area contributed by atoms with Crippen LogP contribution in [0, 0.1) is 20.8 Å².